The molecule has 2 N–H and O–H groups in total. The molecule has 0 atom stereocenters. The lowest BCUT2D eigenvalue weighted by molar-refractivity contribution is 0.455. The summed E-state index contributed by atoms with van der Waals surface area (Å²) in [4.78, 5) is 15.6. The van der Waals surface area contributed by atoms with Gasteiger partial charge >= 0.3 is 0 Å². The van der Waals surface area contributed by atoms with E-state index in [1.807, 2.05) is 42.5 Å². The zero-order valence-electron chi connectivity index (χ0n) is 11.6. The van der Waals surface area contributed by atoms with E-state index in [-0.39, 0.29) is 5.88 Å². The number of hydrogen-bond donors (Lipinski definition) is 2. The lowest BCUT2D eigenvalue weighted by atomic mass is 10.1. The average molecular weight is 288 g/mol. The fourth-order valence-corrected chi connectivity index (χ4v) is 2.43. The molecule has 0 unspecified atom stereocenters. The first-order valence-electron chi connectivity index (χ1n) is 6.86. The van der Waals surface area contributed by atoms with Crippen LogP contribution in [0, 0.1) is 0 Å². The first kappa shape index (κ1) is 12.5. The van der Waals surface area contributed by atoms with Gasteiger partial charge in [-0.05, 0) is 24.3 Å². The Labute approximate surface area is 126 Å². The molecule has 3 heterocycles. The van der Waals surface area contributed by atoms with E-state index in [9.17, 15) is 5.11 Å². The Morgan fingerprint density at radius 1 is 1.05 bits per heavy atom. The van der Waals surface area contributed by atoms with Gasteiger partial charge in [-0.3, -0.25) is 9.98 Å². The number of fused-ring (bicyclic) bond motifs is 1. The fraction of sp³-hybridized carbons (Fsp3) is 0. The van der Waals surface area contributed by atoms with Crippen molar-refractivity contribution in [3.63, 3.8) is 0 Å². The Morgan fingerprint density at radius 3 is 2.73 bits per heavy atom. The van der Waals surface area contributed by atoms with Crippen molar-refractivity contribution < 1.29 is 5.11 Å². The van der Waals surface area contributed by atoms with Gasteiger partial charge in [0.1, 0.15) is 11.5 Å². The molecule has 5 nitrogen and oxygen atoms in total. The van der Waals surface area contributed by atoms with E-state index in [2.05, 4.69) is 19.9 Å². The van der Waals surface area contributed by atoms with E-state index < -0.39 is 0 Å². The van der Waals surface area contributed by atoms with Crippen LogP contribution < -0.4 is 0 Å². The van der Waals surface area contributed by atoms with Crippen molar-refractivity contribution in [2.75, 3.05) is 0 Å². The molecule has 0 saturated carbocycles. The molecule has 2 aromatic heterocycles. The number of benzene rings is 1. The van der Waals surface area contributed by atoms with E-state index in [1.54, 1.807) is 18.6 Å². The Balaban J connectivity index is 1.75. The van der Waals surface area contributed by atoms with Crippen LogP contribution in [0.1, 0.15) is 11.3 Å². The molecular formula is C17H12N4O. The number of aromatic hydroxyl groups is 1. The highest BCUT2D eigenvalue weighted by Gasteiger charge is 2.14. The van der Waals surface area contributed by atoms with E-state index in [0.717, 1.165) is 22.4 Å². The Kier molecular flexibility index (Phi) is 2.83. The summed E-state index contributed by atoms with van der Waals surface area (Å²) in [5.74, 6) is 0.576. The van der Waals surface area contributed by atoms with E-state index in [0.29, 0.717) is 11.5 Å². The summed E-state index contributed by atoms with van der Waals surface area (Å²) < 4.78 is 0. The molecule has 0 radical (unpaired) electrons. The Hall–Kier alpha value is -3.21. The molecule has 1 aliphatic heterocycles. The number of aromatic nitrogens is 3. The number of hydrogen-bond acceptors (Lipinski definition) is 4. The maximum atomic E-state index is 10.1. The van der Waals surface area contributed by atoms with Crippen molar-refractivity contribution in [1.29, 1.82) is 0 Å². The molecule has 0 amide bonds. The molecular weight excluding hydrogens is 276 g/mol. The van der Waals surface area contributed by atoms with Gasteiger partial charge in [0, 0.05) is 35.3 Å². The predicted molar refractivity (Wildman–Crippen MR) is 85.9 cm³/mol. The van der Waals surface area contributed by atoms with Crippen LogP contribution in [0.4, 0.5) is 5.69 Å². The monoisotopic (exact) mass is 288 g/mol. The molecule has 0 spiro atoms. The number of imidazole rings is 1. The quantitative estimate of drug-likeness (QED) is 0.758. The third kappa shape index (κ3) is 2.09. The molecule has 3 aromatic rings. The second-order valence-corrected chi connectivity index (χ2v) is 4.93. The topological polar surface area (TPSA) is 74.2 Å². The first-order chi connectivity index (χ1) is 10.8. The summed E-state index contributed by atoms with van der Waals surface area (Å²) in [5, 5.41) is 10.1. The molecule has 1 aliphatic rings. The smallest absolute Gasteiger partial charge is 0.237 e. The number of H-pyrrole nitrogens is 1. The minimum absolute atomic E-state index is 0.0305. The van der Waals surface area contributed by atoms with E-state index in [1.165, 1.54) is 0 Å². The molecule has 0 bridgehead atoms. The van der Waals surface area contributed by atoms with Crippen molar-refractivity contribution >= 4 is 23.6 Å². The summed E-state index contributed by atoms with van der Waals surface area (Å²) in [7, 11) is 0. The van der Waals surface area contributed by atoms with E-state index in [4.69, 9.17) is 0 Å². The van der Waals surface area contributed by atoms with Gasteiger partial charge < -0.3 is 10.1 Å². The van der Waals surface area contributed by atoms with Gasteiger partial charge in [-0.2, -0.15) is 4.98 Å². The Bertz CT molecular complexity index is 894. The summed E-state index contributed by atoms with van der Waals surface area (Å²) >= 11 is 0. The van der Waals surface area contributed by atoms with Crippen LogP contribution >= 0.6 is 0 Å². The standard InChI is InChI=1S/C17H12N4O/c22-17-15(20-16(21-17)11-5-7-18-8-6-11)9-12-10-19-14-4-2-1-3-13(12)14/h1-10,22H,(H,20,21)/b12-9+. The van der Waals surface area contributed by atoms with Gasteiger partial charge in [0.2, 0.25) is 5.88 Å². The molecule has 1 aromatic carbocycles. The number of allylic oxidation sites excluding steroid dienone is 1. The van der Waals surface area contributed by atoms with Crippen LogP contribution in [0.5, 0.6) is 5.88 Å². The second kappa shape index (κ2) is 4.96. The minimum atomic E-state index is -0.0305. The highest BCUT2D eigenvalue weighted by atomic mass is 16.3. The number of para-hydroxylation sites is 1. The maximum Gasteiger partial charge on any atom is 0.237 e. The predicted octanol–water partition coefficient (Wildman–Crippen LogP) is 3.43. The number of nitrogens with one attached hydrogen (secondary N) is 1. The normalized spacial score (nSPS) is 14.5. The largest absolute Gasteiger partial charge is 0.492 e. The fourth-order valence-electron chi connectivity index (χ4n) is 2.43. The van der Waals surface area contributed by atoms with Gasteiger partial charge in [-0.25, -0.2) is 0 Å². The van der Waals surface area contributed by atoms with Gasteiger partial charge in [0.05, 0.1) is 5.69 Å². The van der Waals surface area contributed by atoms with Crippen LogP contribution in [0.25, 0.3) is 23.0 Å². The molecule has 106 valence electrons. The van der Waals surface area contributed by atoms with Crippen LogP contribution in [-0.4, -0.2) is 26.3 Å². The van der Waals surface area contributed by atoms with Gasteiger partial charge in [-0.1, -0.05) is 18.2 Å². The molecule has 5 heteroatoms. The van der Waals surface area contributed by atoms with Gasteiger partial charge in [0.25, 0.3) is 0 Å². The third-order valence-electron chi connectivity index (χ3n) is 3.52. The number of nitrogens with zero attached hydrogens (tertiary/aromatic N) is 3. The van der Waals surface area contributed by atoms with Crippen molar-refractivity contribution in [1.82, 2.24) is 15.0 Å². The maximum absolute atomic E-state index is 10.1. The molecule has 0 aliphatic carbocycles. The summed E-state index contributed by atoms with van der Waals surface area (Å²) in [6.07, 6.45) is 7.01. The first-order valence-corrected chi connectivity index (χ1v) is 6.86. The van der Waals surface area contributed by atoms with Gasteiger partial charge in [-0.15, -0.1) is 0 Å². The SMILES string of the molecule is Oc1nc(-c2ccncc2)[nH]c1/C=C1\C=Nc2ccccc21. The van der Waals surface area contributed by atoms with Crippen molar-refractivity contribution in [3.05, 3.63) is 60.0 Å². The van der Waals surface area contributed by atoms with Crippen LogP contribution in [-0.2, 0) is 0 Å². The summed E-state index contributed by atoms with van der Waals surface area (Å²) in [6.45, 7) is 0. The number of aliphatic imine (C=N–C) groups is 1. The van der Waals surface area contributed by atoms with Gasteiger partial charge in [0.15, 0.2) is 0 Å². The summed E-state index contributed by atoms with van der Waals surface area (Å²) in [6, 6.07) is 11.6. The lowest BCUT2D eigenvalue weighted by Gasteiger charge is -1.98. The zero-order chi connectivity index (χ0) is 14.9. The second-order valence-electron chi connectivity index (χ2n) is 4.93. The van der Waals surface area contributed by atoms with Crippen LogP contribution in [0.2, 0.25) is 0 Å². The number of pyridine rings is 1. The van der Waals surface area contributed by atoms with Crippen molar-refractivity contribution in [2.45, 2.75) is 0 Å². The minimum Gasteiger partial charge on any atom is -0.492 e. The highest BCUT2D eigenvalue weighted by Crippen LogP contribution is 2.33. The average Bonchev–Trinajstić information content (AvgIpc) is 3.13. The Morgan fingerprint density at radius 2 is 1.86 bits per heavy atom. The van der Waals surface area contributed by atoms with Crippen molar-refractivity contribution in [3.8, 4) is 17.3 Å². The zero-order valence-corrected chi connectivity index (χ0v) is 11.6. The third-order valence-corrected chi connectivity index (χ3v) is 3.52. The summed E-state index contributed by atoms with van der Waals surface area (Å²) in [5.41, 5.74) is 4.35. The highest BCUT2D eigenvalue weighted by molar-refractivity contribution is 6.21. The van der Waals surface area contributed by atoms with Crippen molar-refractivity contribution in [2.24, 2.45) is 4.99 Å². The molecule has 4 rings (SSSR count). The molecule has 0 saturated heterocycles. The molecule has 0 fully saturated rings. The number of aromatic amines is 1. The van der Waals surface area contributed by atoms with Crippen LogP contribution in [0.15, 0.2) is 53.8 Å². The van der Waals surface area contributed by atoms with E-state index >= 15 is 0 Å². The lowest BCUT2D eigenvalue weighted by Crippen LogP contribution is -1.82. The number of rotatable bonds is 2. The molecule has 22 heavy (non-hydrogen) atoms. The van der Waals surface area contributed by atoms with Crippen LogP contribution in [0.3, 0.4) is 0 Å².